The Bertz CT molecular complexity index is 323. The van der Waals surface area contributed by atoms with E-state index in [-0.39, 0.29) is 5.91 Å². The van der Waals surface area contributed by atoms with Gasteiger partial charge in [0.05, 0.1) is 0 Å². The first-order valence-electron chi connectivity index (χ1n) is 4.19. The summed E-state index contributed by atoms with van der Waals surface area (Å²) in [7, 11) is 0. The molecule has 0 spiro atoms. The quantitative estimate of drug-likeness (QED) is 0.848. The van der Waals surface area contributed by atoms with Crippen molar-refractivity contribution in [3.05, 3.63) is 28.2 Å². The Kier molecular flexibility index (Phi) is 3.48. The van der Waals surface area contributed by atoms with E-state index in [1.165, 1.54) is 12.5 Å². The Hall–Kier alpha value is -0.830. The van der Waals surface area contributed by atoms with Crippen molar-refractivity contribution in [1.82, 2.24) is 0 Å². The van der Waals surface area contributed by atoms with E-state index in [1.54, 1.807) is 0 Å². The Morgan fingerprint density at radius 1 is 1.54 bits per heavy atom. The van der Waals surface area contributed by atoms with Crippen LogP contribution in [0.5, 0.6) is 0 Å². The number of carbonyl (C=O) groups excluding carboxylic acids is 1. The maximum Gasteiger partial charge on any atom is 0.221 e. The third kappa shape index (κ3) is 2.84. The highest BCUT2D eigenvalue weighted by Gasteiger charge is 2.00. The van der Waals surface area contributed by atoms with Crippen LogP contribution in [0.1, 0.15) is 19.4 Å². The van der Waals surface area contributed by atoms with Crippen molar-refractivity contribution in [3.8, 4) is 0 Å². The molecule has 70 valence electrons. The average Bonchev–Trinajstić information content (AvgIpc) is 2.07. The molecule has 2 nitrogen and oxygen atoms in total. The topological polar surface area (TPSA) is 29.1 Å². The van der Waals surface area contributed by atoms with Crippen LogP contribution in [0.2, 0.25) is 0 Å². The summed E-state index contributed by atoms with van der Waals surface area (Å²) in [4.78, 5) is 10.8. The van der Waals surface area contributed by atoms with E-state index < -0.39 is 0 Å². The molecule has 1 aromatic rings. The van der Waals surface area contributed by atoms with Crippen LogP contribution in [-0.4, -0.2) is 5.91 Å². The van der Waals surface area contributed by atoms with Crippen molar-refractivity contribution in [2.24, 2.45) is 0 Å². The molecule has 0 heterocycles. The van der Waals surface area contributed by atoms with E-state index in [0.29, 0.717) is 0 Å². The fraction of sp³-hybridized carbons (Fsp3) is 0.300. The maximum absolute atomic E-state index is 10.8. The molecule has 0 atom stereocenters. The molecule has 13 heavy (non-hydrogen) atoms. The number of carbonyl (C=O) groups is 1. The number of amides is 1. The molecule has 1 N–H and O–H groups in total. The molecule has 0 saturated heterocycles. The molecule has 0 fully saturated rings. The van der Waals surface area contributed by atoms with E-state index in [2.05, 4.69) is 28.2 Å². The van der Waals surface area contributed by atoms with Crippen molar-refractivity contribution in [1.29, 1.82) is 0 Å². The van der Waals surface area contributed by atoms with Gasteiger partial charge in [-0.2, -0.15) is 0 Å². The monoisotopic (exact) mass is 241 g/mol. The second-order valence-corrected chi connectivity index (χ2v) is 3.70. The van der Waals surface area contributed by atoms with Gasteiger partial charge in [0, 0.05) is 17.1 Å². The predicted molar refractivity (Wildman–Crippen MR) is 57.8 cm³/mol. The van der Waals surface area contributed by atoms with E-state index in [0.717, 1.165) is 16.6 Å². The first-order valence-corrected chi connectivity index (χ1v) is 4.98. The number of rotatable bonds is 2. The van der Waals surface area contributed by atoms with Crippen LogP contribution in [0.4, 0.5) is 5.69 Å². The van der Waals surface area contributed by atoms with Gasteiger partial charge in [-0.1, -0.05) is 22.9 Å². The van der Waals surface area contributed by atoms with Gasteiger partial charge in [-0.15, -0.1) is 0 Å². The normalized spacial score (nSPS) is 9.77. The van der Waals surface area contributed by atoms with Crippen LogP contribution in [0.25, 0.3) is 0 Å². The average molecular weight is 242 g/mol. The highest BCUT2D eigenvalue weighted by Crippen LogP contribution is 2.21. The smallest absolute Gasteiger partial charge is 0.221 e. The molecular weight excluding hydrogens is 230 g/mol. The van der Waals surface area contributed by atoms with Crippen molar-refractivity contribution >= 4 is 27.5 Å². The standard InChI is InChI=1S/C10H12BrNO/c1-3-8-6-9(12-7(2)13)4-5-10(8)11/h4-6H,3H2,1-2H3,(H,12,13). The van der Waals surface area contributed by atoms with Gasteiger partial charge in [-0.25, -0.2) is 0 Å². The summed E-state index contributed by atoms with van der Waals surface area (Å²) in [5.74, 6) is -0.0376. The van der Waals surface area contributed by atoms with Gasteiger partial charge >= 0.3 is 0 Å². The summed E-state index contributed by atoms with van der Waals surface area (Å²) in [5, 5.41) is 2.75. The predicted octanol–water partition coefficient (Wildman–Crippen LogP) is 2.97. The highest BCUT2D eigenvalue weighted by atomic mass is 79.9. The Balaban J connectivity index is 2.92. The number of aryl methyl sites for hydroxylation is 1. The molecule has 0 saturated carbocycles. The molecule has 0 unspecified atom stereocenters. The van der Waals surface area contributed by atoms with Crippen molar-refractivity contribution < 1.29 is 4.79 Å². The Morgan fingerprint density at radius 2 is 2.23 bits per heavy atom. The lowest BCUT2D eigenvalue weighted by Gasteiger charge is -2.05. The van der Waals surface area contributed by atoms with Gasteiger partial charge in [0.2, 0.25) is 5.91 Å². The summed E-state index contributed by atoms with van der Waals surface area (Å²) in [5.41, 5.74) is 2.05. The molecule has 1 aromatic carbocycles. The first-order chi connectivity index (χ1) is 6.13. The highest BCUT2D eigenvalue weighted by molar-refractivity contribution is 9.10. The van der Waals surface area contributed by atoms with Gasteiger partial charge in [0.15, 0.2) is 0 Å². The second kappa shape index (κ2) is 4.42. The molecule has 0 bridgehead atoms. The fourth-order valence-corrected chi connectivity index (χ4v) is 1.65. The van der Waals surface area contributed by atoms with E-state index in [1.807, 2.05) is 18.2 Å². The van der Waals surface area contributed by atoms with Gasteiger partial charge in [0.1, 0.15) is 0 Å². The molecule has 0 radical (unpaired) electrons. The molecule has 0 aliphatic heterocycles. The number of hydrogen-bond donors (Lipinski definition) is 1. The molecule has 0 aliphatic rings. The van der Waals surface area contributed by atoms with Crippen LogP contribution < -0.4 is 5.32 Å². The van der Waals surface area contributed by atoms with E-state index in [9.17, 15) is 4.79 Å². The van der Waals surface area contributed by atoms with E-state index in [4.69, 9.17) is 0 Å². The summed E-state index contributed by atoms with van der Waals surface area (Å²) < 4.78 is 1.09. The minimum atomic E-state index is -0.0376. The van der Waals surface area contributed by atoms with Gasteiger partial charge in [-0.05, 0) is 30.2 Å². The summed E-state index contributed by atoms with van der Waals surface area (Å²) in [6.07, 6.45) is 0.952. The third-order valence-corrected chi connectivity index (χ3v) is 2.52. The molecule has 1 rings (SSSR count). The lowest BCUT2D eigenvalue weighted by molar-refractivity contribution is -0.114. The lowest BCUT2D eigenvalue weighted by atomic mass is 10.1. The van der Waals surface area contributed by atoms with Crippen molar-refractivity contribution in [2.45, 2.75) is 20.3 Å². The Morgan fingerprint density at radius 3 is 2.77 bits per heavy atom. The molecular formula is C10H12BrNO. The van der Waals surface area contributed by atoms with Crippen LogP contribution >= 0.6 is 15.9 Å². The van der Waals surface area contributed by atoms with E-state index >= 15 is 0 Å². The molecule has 3 heteroatoms. The maximum atomic E-state index is 10.8. The summed E-state index contributed by atoms with van der Waals surface area (Å²) >= 11 is 3.44. The van der Waals surface area contributed by atoms with Crippen molar-refractivity contribution in [2.75, 3.05) is 5.32 Å². The summed E-state index contributed by atoms with van der Waals surface area (Å²) in [6, 6.07) is 5.81. The zero-order valence-corrected chi connectivity index (χ0v) is 9.31. The largest absolute Gasteiger partial charge is 0.326 e. The number of hydrogen-bond acceptors (Lipinski definition) is 1. The van der Waals surface area contributed by atoms with Crippen LogP contribution in [0.3, 0.4) is 0 Å². The first kappa shape index (κ1) is 10.3. The molecule has 0 aliphatic carbocycles. The van der Waals surface area contributed by atoms with Crippen molar-refractivity contribution in [3.63, 3.8) is 0 Å². The number of nitrogens with one attached hydrogen (secondary N) is 1. The third-order valence-electron chi connectivity index (χ3n) is 1.75. The minimum Gasteiger partial charge on any atom is -0.326 e. The van der Waals surface area contributed by atoms with Gasteiger partial charge < -0.3 is 5.32 Å². The summed E-state index contributed by atoms with van der Waals surface area (Å²) in [6.45, 7) is 3.59. The zero-order chi connectivity index (χ0) is 9.84. The molecule has 1 amide bonds. The number of anilines is 1. The Labute approximate surface area is 86.5 Å². The molecule has 0 aromatic heterocycles. The lowest BCUT2D eigenvalue weighted by Crippen LogP contribution is -2.05. The minimum absolute atomic E-state index is 0.0376. The van der Waals surface area contributed by atoms with Crippen LogP contribution in [0.15, 0.2) is 22.7 Å². The van der Waals surface area contributed by atoms with Crippen LogP contribution in [-0.2, 0) is 11.2 Å². The SMILES string of the molecule is CCc1cc(NC(C)=O)ccc1Br. The van der Waals surface area contributed by atoms with Crippen LogP contribution in [0, 0.1) is 0 Å². The fourth-order valence-electron chi connectivity index (χ4n) is 1.13. The zero-order valence-electron chi connectivity index (χ0n) is 7.73. The van der Waals surface area contributed by atoms with Gasteiger partial charge in [-0.3, -0.25) is 4.79 Å². The number of halogens is 1. The number of benzene rings is 1. The van der Waals surface area contributed by atoms with Gasteiger partial charge in [0.25, 0.3) is 0 Å². The second-order valence-electron chi connectivity index (χ2n) is 2.84.